The Morgan fingerprint density at radius 2 is 1.90 bits per heavy atom. The highest BCUT2D eigenvalue weighted by Crippen LogP contribution is 2.17. The normalized spacial score (nSPS) is 41.7. The summed E-state index contributed by atoms with van der Waals surface area (Å²) in [5, 5.41) is 0. The molecule has 1 saturated carbocycles. The van der Waals surface area contributed by atoms with Crippen molar-refractivity contribution in [1.82, 2.24) is 0 Å². The molecule has 1 fully saturated rings. The van der Waals surface area contributed by atoms with Crippen molar-refractivity contribution in [2.24, 2.45) is 17.4 Å². The molecular weight excluding hydrogens is 130 g/mol. The van der Waals surface area contributed by atoms with Gasteiger partial charge in [-0.2, -0.15) is 0 Å². The highest BCUT2D eigenvalue weighted by molar-refractivity contribution is 4.84. The first-order valence-corrected chi connectivity index (χ1v) is 3.60. The van der Waals surface area contributed by atoms with Crippen LogP contribution in [0.25, 0.3) is 0 Å². The highest BCUT2D eigenvalue weighted by atomic mass is 16.6. The number of rotatable bonds is 1. The average Bonchev–Trinajstić information content (AvgIpc) is 1.88. The van der Waals surface area contributed by atoms with Gasteiger partial charge in [0.1, 0.15) is 0 Å². The zero-order chi connectivity index (χ0) is 7.56. The molecule has 6 N–H and O–H groups in total. The summed E-state index contributed by atoms with van der Waals surface area (Å²) in [5.74, 6) is 5.02. The Morgan fingerprint density at radius 1 is 1.20 bits per heavy atom. The van der Waals surface area contributed by atoms with E-state index in [1.807, 2.05) is 0 Å². The van der Waals surface area contributed by atoms with Crippen LogP contribution in [0.15, 0.2) is 0 Å². The lowest BCUT2D eigenvalue weighted by atomic mass is 9.90. The van der Waals surface area contributed by atoms with Crippen LogP contribution in [-0.2, 0) is 4.84 Å². The van der Waals surface area contributed by atoms with Crippen molar-refractivity contribution in [2.75, 3.05) is 0 Å². The van der Waals surface area contributed by atoms with E-state index >= 15 is 0 Å². The van der Waals surface area contributed by atoms with Gasteiger partial charge >= 0.3 is 0 Å². The molecular formula is C6H15N3O. The van der Waals surface area contributed by atoms with Gasteiger partial charge < -0.3 is 11.5 Å². The second-order valence-corrected chi connectivity index (χ2v) is 2.91. The van der Waals surface area contributed by atoms with Crippen LogP contribution in [0, 0.1) is 0 Å². The van der Waals surface area contributed by atoms with Crippen molar-refractivity contribution in [3.63, 3.8) is 0 Å². The second-order valence-electron chi connectivity index (χ2n) is 2.91. The van der Waals surface area contributed by atoms with E-state index in [1.54, 1.807) is 0 Å². The monoisotopic (exact) mass is 145 g/mol. The van der Waals surface area contributed by atoms with E-state index in [0.29, 0.717) is 0 Å². The molecule has 1 aliphatic rings. The van der Waals surface area contributed by atoms with Crippen LogP contribution in [0.1, 0.15) is 19.3 Å². The third kappa shape index (κ3) is 1.67. The minimum absolute atomic E-state index is 0.0137. The van der Waals surface area contributed by atoms with E-state index in [4.69, 9.17) is 17.4 Å². The molecule has 0 aliphatic heterocycles. The van der Waals surface area contributed by atoms with E-state index < -0.39 is 0 Å². The minimum Gasteiger partial charge on any atom is -0.328 e. The lowest BCUT2D eigenvalue weighted by Crippen LogP contribution is -2.47. The van der Waals surface area contributed by atoms with Crippen LogP contribution in [0.5, 0.6) is 0 Å². The fraction of sp³-hybridized carbons (Fsp3) is 1.00. The molecule has 1 aliphatic carbocycles. The largest absolute Gasteiger partial charge is 0.328 e. The Hall–Kier alpha value is -0.160. The van der Waals surface area contributed by atoms with Crippen LogP contribution in [0.3, 0.4) is 0 Å². The summed E-state index contributed by atoms with van der Waals surface area (Å²) < 4.78 is 0. The summed E-state index contributed by atoms with van der Waals surface area (Å²) in [7, 11) is 0. The van der Waals surface area contributed by atoms with Gasteiger partial charge in [-0.3, -0.25) is 4.84 Å². The van der Waals surface area contributed by atoms with Crippen LogP contribution in [0.2, 0.25) is 0 Å². The van der Waals surface area contributed by atoms with Crippen LogP contribution >= 0.6 is 0 Å². The molecule has 2 unspecified atom stereocenters. The van der Waals surface area contributed by atoms with Crippen molar-refractivity contribution in [2.45, 2.75) is 37.5 Å². The maximum absolute atomic E-state index is 5.69. The molecule has 0 aromatic carbocycles. The first kappa shape index (κ1) is 7.94. The number of nitrogens with two attached hydrogens (primary N) is 3. The average molecular weight is 145 g/mol. The van der Waals surface area contributed by atoms with Crippen molar-refractivity contribution < 1.29 is 4.84 Å². The zero-order valence-electron chi connectivity index (χ0n) is 5.99. The van der Waals surface area contributed by atoms with Crippen LogP contribution in [-0.4, -0.2) is 18.2 Å². The Morgan fingerprint density at radius 3 is 2.40 bits per heavy atom. The predicted molar refractivity (Wildman–Crippen MR) is 38.9 cm³/mol. The van der Waals surface area contributed by atoms with E-state index in [2.05, 4.69) is 4.84 Å². The lowest BCUT2D eigenvalue weighted by molar-refractivity contribution is 0.0108. The van der Waals surface area contributed by atoms with Gasteiger partial charge in [-0.15, -0.1) is 0 Å². The topological polar surface area (TPSA) is 87.3 Å². The molecule has 0 amide bonds. The summed E-state index contributed by atoms with van der Waals surface area (Å²) in [6, 6.07) is 0.259. The van der Waals surface area contributed by atoms with Gasteiger partial charge in [-0.25, -0.2) is 5.90 Å². The molecule has 0 saturated heterocycles. The van der Waals surface area contributed by atoms with Crippen LogP contribution in [0.4, 0.5) is 0 Å². The van der Waals surface area contributed by atoms with E-state index in [9.17, 15) is 0 Å². The van der Waals surface area contributed by atoms with Crippen molar-refractivity contribution in [1.29, 1.82) is 0 Å². The molecule has 4 nitrogen and oxygen atoms in total. The van der Waals surface area contributed by atoms with Crippen molar-refractivity contribution >= 4 is 0 Å². The lowest BCUT2D eigenvalue weighted by Gasteiger charge is -2.30. The molecule has 0 aromatic rings. The summed E-state index contributed by atoms with van der Waals surface area (Å²) in [6.07, 6.45) is 2.69. The zero-order valence-corrected chi connectivity index (χ0v) is 5.99. The molecule has 10 heavy (non-hydrogen) atoms. The second kappa shape index (κ2) is 3.30. The van der Waals surface area contributed by atoms with Gasteiger partial charge in [0.25, 0.3) is 0 Å². The fourth-order valence-electron chi connectivity index (χ4n) is 1.38. The summed E-state index contributed by atoms with van der Waals surface area (Å²) >= 11 is 0. The molecule has 0 bridgehead atoms. The maximum Gasteiger partial charge on any atom is 0.0938 e. The van der Waals surface area contributed by atoms with Gasteiger partial charge in [-0.05, 0) is 19.3 Å². The third-order valence-corrected chi connectivity index (χ3v) is 2.05. The Balaban J connectivity index is 2.36. The highest BCUT2D eigenvalue weighted by Gasteiger charge is 2.25. The van der Waals surface area contributed by atoms with E-state index in [0.717, 1.165) is 19.3 Å². The number of hydrogen-bond acceptors (Lipinski definition) is 4. The SMILES string of the molecule is NO[C@H]1CCC(N)CC1N. The summed E-state index contributed by atoms with van der Waals surface area (Å²) in [5.41, 5.74) is 11.4. The Bertz CT molecular complexity index is 109. The fourth-order valence-corrected chi connectivity index (χ4v) is 1.38. The van der Waals surface area contributed by atoms with E-state index in [-0.39, 0.29) is 18.2 Å². The first-order valence-electron chi connectivity index (χ1n) is 3.60. The van der Waals surface area contributed by atoms with Gasteiger partial charge in [-0.1, -0.05) is 0 Å². The van der Waals surface area contributed by atoms with Gasteiger partial charge in [0.15, 0.2) is 0 Å². The minimum atomic E-state index is 0.0137. The standard InChI is InChI=1S/C6H15N3O/c7-4-1-2-6(10-9)5(8)3-4/h4-6H,1-3,7-9H2/t4?,5?,6-/m0/s1. The van der Waals surface area contributed by atoms with Gasteiger partial charge in [0.2, 0.25) is 0 Å². The van der Waals surface area contributed by atoms with Crippen LogP contribution < -0.4 is 17.4 Å². The summed E-state index contributed by atoms with van der Waals surface area (Å²) in [6.45, 7) is 0. The molecule has 0 radical (unpaired) electrons. The first-order chi connectivity index (χ1) is 4.74. The molecule has 60 valence electrons. The molecule has 0 aromatic heterocycles. The molecule has 4 heteroatoms. The van der Waals surface area contributed by atoms with Gasteiger partial charge in [0, 0.05) is 12.1 Å². The predicted octanol–water partition coefficient (Wildman–Crippen LogP) is -0.916. The molecule has 0 heterocycles. The Kier molecular flexibility index (Phi) is 2.62. The Labute approximate surface area is 60.6 Å². The number of hydrogen-bond donors (Lipinski definition) is 3. The molecule has 3 atom stereocenters. The quantitative estimate of drug-likeness (QED) is 0.417. The molecule has 1 rings (SSSR count). The van der Waals surface area contributed by atoms with Gasteiger partial charge in [0.05, 0.1) is 6.10 Å². The van der Waals surface area contributed by atoms with E-state index in [1.165, 1.54) is 0 Å². The third-order valence-electron chi connectivity index (χ3n) is 2.05. The molecule has 0 spiro atoms. The van der Waals surface area contributed by atoms with Crippen molar-refractivity contribution in [3.8, 4) is 0 Å². The smallest absolute Gasteiger partial charge is 0.0938 e. The van der Waals surface area contributed by atoms with Crippen molar-refractivity contribution in [3.05, 3.63) is 0 Å². The maximum atomic E-state index is 5.69. The summed E-state index contributed by atoms with van der Waals surface area (Å²) in [4.78, 5) is 4.67.